The Morgan fingerprint density at radius 2 is 1.97 bits per heavy atom. The molecule has 1 unspecified atom stereocenters. The van der Waals surface area contributed by atoms with Gasteiger partial charge in [0.15, 0.2) is 6.10 Å². The lowest BCUT2D eigenvalue weighted by Gasteiger charge is -2.05. The average Bonchev–Trinajstić information content (AvgIpc) is 3.46. The van der Waals surface area contributed by atoms with Crippen LogP contribution in [-0.2, 0) is 7.05 Å². The first-order valence-electron chi connectivity index (χ1n) is 8.82. The highest BCUT2D eigenvalue weighted by atomic mass is 19.1. The molecule has 0 spiro atoms. The molecule has 5 aromatic rings. The summed E-state index contributed by atoms with van der Waals surface area (Å²) in [6.45, 7) is 0. The van der Waals surface area contributed by atoms with E-state index in [0.717, 1.165) is 16.5 Å². The van der Waals surface area contributed by atoms with Crippen molar-refractivity contribution in [2.45, 2.75) is 6.10 Å². The van der Waals surface area contributed by atoms with E-state index >= 15 is 0 Å². The number of hydrogen-bond acceptors (Lipinski definition) is 6. The number of halogens is 1. The van der Waals surface area contributed by atoms with Gasteiger partial charge >= 0.3 is 0 Å². The van der Waals surface area contributed by atoms with Crippen LogP contribution in [-0.4, -0.2) is 35.1 Å². The van der Waals surface area contributed by atoms with E-state index in [2.05, 4.69) is 25.3 Å². The molecule has 144 valence electrons. The zero-order valence-corrected chi connectivity index (χ0v) is 15.2. The number of fused-ring (bicyclic) bond motifs is 1. The van der Waals surface area contributed by atoms with Gasteiger partial charge in [-0.25, -0.2) is 9.37 Å². The van der Waals surface area contributed by atoms with Crippen LogP contribution in [0.1, 0.15) is 17.6 Å². The molecule has 0 amide bonds. The number of aliphatic hydroxyl groups is 1. The van der Waals surface area contributed by atoms with E-state index in [9.17, 15) is 9.50 Å². The Balaban J connectivity index is 1.52. The molecule has 0 aliphatic carbocycles. The second-order valence-electron chi connectivity index (χ2n) is 6.62. The third-order valence-electron chi connectivity index (χ3n) is 4.66. The minimum Gasteiger partial charge on any atom is -0.417 e. The maximum atomic E-state index is 13.1. The molecule has 1 aromatic carbocycles. The number of aliphatic hydroxyl groups excluding tert-OH is 1. The fourth-order valence-corrected chi connectivity index (χ4v) is 3.15. The van der Waals surface area contributed by atoms with Crippen molar-refractivity contribution in [3.05, 3.63) is 72.4 Å². The molecule has 0 fully saturated rings. The van der Waals surface area contributed by atoms with Crippen molar-refractivity contribution in [1.29, 1.82) is 0 Å². The van der Waals surface area contributed by atoms with Gasteiger partial charge in [0.1, 0.15) is 11.5 Å². The SMILES string of the molecule is Cn1cc(-c2cnc3[nH]cc(-c4nnc(C(O)c5ccc(F)cc5)o4)c3c2)cn1. The minimum absolute atomic E-state index is 0.0253. The number of aromatic nitrogens is 6. The molecule has 8 nitrogen and oxygen atoms in total. The number of hydrogen-bond donors (Lipinski definition) is 2. The Labute approximate surface area is 163 Å². The third-order valence-corrected chi connectivity index (χ3v) is 4.66. The quantitative estimate of drug-likeness (QED) is 0.488. The zero-order chi connectivity index (χ0) is 20.0. The van der Waals surface area contributed by atoms with Gasteiger partial charge in [-0.2, -0.15) is 5.10 Å². The Kier molecular flexibility index (Phi) is 3.95. The summed E-state index contributed by atoms with van der Waals surface area (Å²) in [5.41, 5.74) is 3.64. The number of benzene rings is 1. The largest absolute Gasteiger partial charge is 0.417 e. The monoisotopic (exact) mass is 390 g/mol. The van der Waals surface area contributed by atoms with Gasteiger partial charge in [0.25, 0.3) is 0 Å². The molecular formula is C20H15FN6O2. The molecule has 0 aliphatic rings. The molecule has 29 heavy (non-hydrogen) atoms. The first-order valence-corrected chi connectivity index (χ1v) is 8.82. The van der Waals surface area contributed by atoms with Crippen molar-refractivity contribution in [2.24, 2.45) is 7.05 Å². The van der Waals surface area contributed by atoms with Crippen LogP contribution >= 0.6 is 0 Å². The highest BCUT2D eigenvalue weighted by Crippen LogP contribution is 2.31. The number of H-pyrrole nitrogens is 1. The van der Waals surface area contributed by atoms with Gasteiger partial charge in [0.05, 0.1) is 11.8 Å². The van der Waals surface area contributed by atoms with Crippen molar-refractivity contribution in [1.82, 2.24) is 29.9 Å². The molecule has 0 aliphatic heterocycles. The molecule has 0 saturated carbocycles. The van der Waals surface area contributed by atoms with E-state index in [1.54, 1.807) is 23.3 Å². The molecule has 2 N–H and O–H groups in total. The first-order chi connectivity index (χ1) is 14.1. The molecule has 0 bridgehead atoms. The summed E-state index contributed by atoms with van der Waals surface area (Å²) < 4.78 is 20.5. The summed E-state index contributed by atoms with van der Waals surface area (Å²) in [5.74, 6) is -0.113. The molecule has 1 atom stereocenters. The fourth-order valence-electron chi connectivity index (χ4n) is 3.15. The Hall–Kier alpha value is -3.85. The topological polar surface area (TPSA) is 106 Å². The van der Waals surface area contributed by atoms with Gasteiger partial charge in [0.2, 0.25) is 11.8 Å². The number of nitrogens with one attached hydrogen (secondary N) is 1. The lowest BCUT2D eigenvalue weighted by Crippen LogP contribution is -1.99. The smallest absolute Gasteiger partial charge is 0.250 e. The van der Waals surface area contributed by atoms with Gasteiger partial charge < -0.3 is 14.5 Å². The van der Waals surface area contributed by atoms with Crippen LogP contribution in [0.2, 0.25) is 0 Å². The summed E-state index contributed by atoms with van der Waals surface area (Å²) in [6.07, 6.45) is 6.01. The standard InChI is InChI=1S/C20H15FN6O2/c1-27-10-13(8-24-27)12-6-15-16(9-23-18(15)22-7-12)19-25-26-20(29-19)17(28)11-2-4-14(21)5-3-11/h2-10,17,28H,1H3,(H,22,23). The molecule has 4 aromatic heterocycles. The summed E-state index contributed by atoms with van der Waals surface area (Å²) in [5, 5.41) is 23.5. The Morgan fingerprint density at radius 3 is 2.72 bits per heavy atom. The number of aryl methyl sites for hydroxylation is 1. The molecule has 9 heteroatoms. The van der Waals surface area contributed by atoms with Crippen LogP contribution in [0.3, 0.4) is 0 Å². The molecular weight excluding hydrogens is 375 g/mol. The zero-order valence-electron chi connectivity index (χ0n) is 15.2. The lowest BCUT2D eigenvalue weighted by atomic mass is 10.1. The van der Waals surface area contributed by atoms with Gasteiger partial charge in [-0.1, -0.05) is 12.1 Å². The van der Waals surface area contributed by atoms with Crippen molar-refractivity contribution in [2.75, 3.05) is 0 Å². The molecule has 5 rings (SSSR count). The van der Waals surface area contributed by atoms with E-state index in [1.165, 1.54) is 24.3 Å². The van der Waals surface area contributed by atoms with Crippen LogP contribution in [0.5, 0.6) is 0 Å². The molecule has 0 radical (unpaired) electrons. The van der Waals surface area contributed by atoms with Crippen LogP contribution in [0.15, 0.2) is 59.5 Å². The van der Waals surface area contributed by atoms with E-state index in [1.807, 2.05) is 19.3 Å². The average molecular weight is 390 g/mol. The van der Waals surface area contributed by atoms with E-state index in [-0.39, 0.29) is 17.6 Å². The minimum atomic E-state index is -1.15. The normalized spacial score (nSPS) is 12.5. The predicted octanol–water partition coefficient (Wildman–Crippen LogP) is 3.23. The number of rotatable bonds is 4. The summed E-state index contributed by atoms with van der Waals surface area (Å²) in [4.78, 5) is 7.53. The van der Waals surface area contributed by atoms with E-state index < -0.39 is 6.10 Å². The molecule has 4 heterocycles. The second kappa shape index (κ2) is 6.64. The summed E-state index contributed by atoms with van der Waals surface area (Å²) in [7, 11) is 1.85. The highest BCUT2D eigenvalue weighted by Gasteiger charge is 2.20. The first kappa shape index (κ1) is 17.3. The van der Waals surface area contributed by atoms with Crippen molar-refractivity contribution in [3.8, 4) is 22.6 Å². The number of nitrogens with zero attached hydrogens (tertiary/aromatic N) is 5. The van der Waals surface area contributed by atoms with Gasteiger partial charge in [-0.15, -0.1) is 10.2 Å². The fraction of sp³-hybridized carbons (Fsp3) is 0.100. The lowest BCUT2D eigenvalue weighted by molar-refractivity contribution is 0.183. The van der Waals surface area contributed by atoms with Crippen molar-refractivity contribution in [3.63, 3.8) is 0 Å². The predicted molar refractivity (Wildman–Crippen MR) is 102 cm³/mol. The van der Waals surface area contributed by atoms with Gasteiger partial charge in [-0.3, -0.25) is 4.68 Å². The highest BCUT2D eigenvalue weighted by molar-refractivity contribution is 5.93. The number of pyridine rings is 1. The van der Waals surface area contributed by atoms with Crippen molar-refractivity contribution >= 4 is 11.0 Å². The molecule has 0 saturated heterocycles. The van der Waals surface area contributed by atoms with Crippen LogP contribution in [0.25, 0.3) is 33.6 Å². The maximum absolute atomic E-state index is 13.1. The number of aromatic amines is 1. The Morgan fingerprint density at radius 1 is 1.14 bits per heavy atom. The van der Waals surface area contributed by atoms with Gasteiger partial charge in [0, 0.05) is 42.2 Å². The maximum Gasteiger partial charge on any atom is 0.250 e. The van der Waals surface area contributed by atoms with Crippen LogP contribution in [0.4, 0.5) is 4.39 Å². The van der Waals surface area contributed by atoms with Crippen molar-refractivity contribution < 1.29 is 13.9 Å². The summed E-state index contributed by atoms with van der Waals surface area (Å²) in [6, 6.07) is 7.44. The third kappa shape index (κ3) is 3.07. The Bertz CT molecular complexity index is 1300. The van der Waals surface area contributed by atoms with E-state index in [4.69, 9.17) is 4.42 Å². The van der Waals surface area contributed by atoms with Crippen LogP contribution < -0.4 is 0 Å². The van der Waals surface area contributed by atoms with Gasteiger partial charge in [-0.05, 0) is 23.8 Å². The summed E-state index contributed by atoms with van der Waals surface area (Å²) >= 11 is 0. The van der Waals surface area contributed by atoms with Crippen LogP contribution in [0, 0.1) is 5.82 Å². The second-order valence-corrected chi connectivity index (χ2v) is 6.62. The van der Waals surface area contributed by atoms with E-state index in [0.29, 0.717) is 16.8 Å².